The monoisotopic (exact) mass is 320 g/mol. The van der Waals surface area contributed by atoms with Gasteiger partial charge >= 0.3 is 0 Å². The van der Waals surface area contributed by atoms with Crippen LogP contribution >= 0.6 is 35.0 Å². The highest BCUT2D eigenvalue weighted by atomic mass is 35.5. The van der Waals surface area contributed by atoms with E-state index in [0.717, 1.165) is 11.6 Å². The van der Waals surface area contributed by atoms with Crippen LogP contribution in [0.25, 0.3) is 0 Å². The van der Waals surface area contributed by atoms with E-state index in [-0.39, 0.29) is 18.5 Å². The van der Waals surface area contributed by atoms with Crippen LogP contribution in [0.15, 0.2) is 18.2 Å². The Kier molecular flexibility index (Phi) is 5.36. The molecule has 1 aliphatic rings. The Hall–Kier alpha value is -0.460. The quantitative estimate of drug-likeness (QED) is 0.791. The van der Waals surface area contributed by atoms with Gasteiger partial charge in [0.15, 0.2) is 0 Å². The lowest BCUT2D eigenvalue weighted by Crippen LogP contribution is -2.43. The van der Waals surface area contributed by atoms with E-state index in [4.69, 9.17) is 23.2 Å². The van der Waals surface area contributed by atoms with Crippen LogP contribution in [0.4, 0.5) is 0 Å². The summed E-state index contributed by atoms with van der Waals surface area (Å²) in [6, 6.07) is 4.82. The van der Waals surface area contributed by atoms with E-state index in [1.807, 2.05) is 0 Å². The van der Waals surface area contributed by atoms with E-state index in [2.05, 4.69) is 10.6 Å². The average molecular weight is 321 g/mol. The van der Waals surface area contributed by atoms with Gasteiger partial charge in [-0.3, -0.25) is 10.1 Å². The molecule has 19 heavy (non-hydrogen) atoms. The molecular formula is C12H14Cl2N2O2S. The minimum absolute atomic E-state index is 0.0884. The molecule has 1 heterocycles. The molecule has 2 rings (SSSR count). The highest BCUT2D eigenvalue weighted by Crippen LogP contribution is 2.29. The van der Waals surface area contributed by atoms with E-state index >= 15 is 0 Å². The van der Waals surface area contributed by atoms with E-state index in [1.54, 1.807) is 30.0 Å². The molecule has 7 heteroatoms. The molecule has 1 unspecified atom stereocenters. The number of rotatable bonds is 4. The lowest BCUT2D eigenvalue weighted by molar-refractivity contribution is -0.122. The lowest BCUT2D eigenvalue weighted by Gasteiger charge is -2.16. The Labute approximate surface area is 125 Å². The molecule has 1 aromatic carbocycles. The Morgan fingerprint density at radius 2 is 2.21 bits per heavy atom. The van der Waals surface area contributed by atoms with Crippen molar-refractivity contribution in [2.45, 2.75) is 12.1 Å². The van der Waals surface area contributed by atoms with Gasteiger partial charge in [-0.1, -0.05) is 29.3 Å². The number of halogens is 2. The van der Waals surface area contributed by atoms with Crippen LogP contribution in [0.5, 0.6) is 0 Å². The zero-order chi connectivity index (χ0) is 13.8. The summed E-state index contributed by atoms with van der Waals surface area (Å²) >= 11 is 13.7. The number of amides is 1. The summed E-state index contributed by atoms with van der Waals surface area (Å²) in [5.41, 5.74) is 0.444. The van der Waals surface area contributed by atoms with E-state index < -0.39 is 6.10 Å². The van der Waals surface area contributed by atoms with Crippen molar-refractivity contribution in [2.75, 3.05) is 18.2 Å². The lowest BCUT2D eigenvalue weighted by atomic mass is 10.1. The highest BCUT2D eigenvalue weighted by molar-refractivity contribution is 7.99. The number of nitrogens with one attached hydrogen (secondary N) is 2. The summed E-state index contributed by atoms with van der Waals surface area (Å²) in [7, 11) is 0. The van der Waals surface area contributed by atoms with Gasteiger partial charge in [-0.15, -0.1) is 11.8 Å². The van der Waals surface area contributed by atoms with Crippen molar-refractivity contribution in [2.24, 2.45) is 0 Å². The number of benzene rings is 1. The number of aliphatic hydroxyl groups excluding tert-OH is 1. The Morgan fingerprint density at radius 1 is 1.53 bits per heavy atom. The van der Waals surface area contributed by atoms with Gasteiger partial charge in [-0.2, -0.15) is 0 Å². The van der Waals surface area contributed by atoms with Crippen molar-refractivity contribution >= 4 is 40.9 Å². The first-order valence-corrected chi connectivity index (χ1v) is 7.71. The van der Waals surface area contributed by atoms with Gasteiger partial charge in [0, 0.05) is 33.8 Å². The van der Waals surface area contributed by atoms with Crippen LogP contribution in [0.2, 0.25) is 10.0 Å². The molecule has 4 nitrogen and oxygen atoms in total. The summed E-state index contributed by atoms with van der Waals surface area (Å²) < 4.78 is 0. The third kappa shape index (κ3) is 3.77. The normalized spacial score (nSPS) is 20.3. The molecule has 3 N–H and O–H groups in total. The second-order valence-electron chi connectivity index (χ2n) is 4.17. The number of hydrogen-bond acceptors (Lipinski definition) is 4. The fourth-order valence-electron chi connectivity index (χ4n) is 1.82. The van der Waals surface area contributed by atoms with Gasteiger partial charge in [0.05, 0.1) is 12.1 Å². The maximum absolute atomic E-state index is 11.8. The molecule has 0 aromatic heterocycles. The topological polar surface area (TPSA) is 61.4 Å². The van der Waals surface area contributed by atoms with Crippen molar-refractivity contribution in [3.05, 3.63) is 33.8 Å². The van der Waals surface area contributed by atoms with Gasteiger partial charge in [0.1, 0.15) is 0 Å². The summed E-state index contributed by atoms with van der Waals surface area (Å²) in [5, 5.41) is 16.6. The maximum Gasteiger partial charge on any atom is 0.238 e. The molecule has 0 spiro atoms. The molecule has 104 valence electrons. The second-order valence-corrected chi connectivity index (χ2v) is 6.01. The van der Waals surface area contributed by atoms with Crippen molar-refractivity contribution in [3.8, 4) is 0 Å². The molecule has 1 amide bonds. The smallest absolute Gasteiger partial charge is 0.238 e. The number of carbonyl (C=O) groups is 1. The summed E-state index contributed by atoms with van der Waals surface area (Å²) in [6.07, 6.45) is -0.917. The van der Waals surface area contributed by atoms with Crippen molar-refractivity contribution in [1.29, 1.82) is 0 Å². The van der Waals surface area contributed by atoms with Crippen LogP contribution in [0.3, 0.4) is 0 Å². The molecule has 1 fully saturated rings. The van der Waals surface area contributed by atoms with E-state index in [1.165, 1.54) is 0 Å². The van der Waals surface area contributed by atoms with E-state index in [9.17, 15) is 9.90 Å². The summed E-state index contributed by atoms with van der Waals surface area (Å²) in [4.78, 5) is 11.8. The first-order valence-electron chi connectivity index (χ1n) is 5.80. The Morgan fingerprint density at radius 3 is 2.79 bits per heavy atom. The van der Waals surface area contributed by atoms with Crippen LogP contribution in [0, 0.1) is 0 Å². The third-order valence-electron chi connectivity index (χ3n) is 2.84. The first kappa shape index (κ1) is 14.9. The fourth-order valence-corrected chi connectivity index (χ4v) is 3.41. The number of aliphatic hydroxyl groups is 1. The predicted octanol–water partition coefficient (Wildman–Crippen LogP) is 1.81. The Balaban J connectivity index is 1.93. The molecule has 0 aliphatic carbocycles. The van der Waals surface area contributed by atoms with Crippen LogP contribution < -0.4 is 10.6 Å². The third-order valence-corrected chi connectivity index (χ3v) is 4.43. The zero-order valence-electron chi connectivity index (χ0n) is 10.0. The Bertz CT molecular complexity index is 447. The molecule has 1 aliphatic heterocycles. The van der Waals surface area contributed by atoms with Crippen molar-refractivity contribution in [3.63, 3.8) is 0 Å². The maximum atomic E-state index is 11.8. The molecule has 1 aromatic rings. The molecule has 0 radical (unpaired) electrons. The van der Waals surface area contributed by atoms with Gasteiger partial charge in [0.25, 0.3) is 0 Å². The van der Waals surface area contributed by atoms with Crippen LogP contribution in [-0.2, 0) is 4.79 Å². The minimum Gasteiger partial charge on any atom is -0.386 e. The zero-order valence-corrected chi connectivity index (χ0v) is 12.4. The molecule has 2 atom stereocenters. The van der Waals surface area contributed by atoms with Gasteiger partial charge < -0.3 is 10.4 Å². The average Bonchev–Trinajstić information content (AvgIpc) is 2.89. The number of hydrogen-bond donors (Lipinski definition) is 3. The van der Waals surface area contributed by atoms with Gasteiger partial charge in [0.2, 0.25) is 5.91 Å². The summed E-state index contributed by atoms with van der Waals surface area (Å²) in [5.74, 6) is 1.40. The van der Waals surface area contributed by atoms with Crippen molar-refractivity contribution in [1.82, 2.24) is 10.6 Å². The molecule has 0 saturated carbocycles. The SMILES string of the molecule is O=C(NCC(O)c1c(Cl)cccc1Cl)[C@H]1CSCN1. The van der Waals surface area contributed by atoms with Crippen molar-refractivity contribution < 1.29 is 9.90 Å². The van der Waals surface area contributed by atoms with Gasteiger partial charge in [-0.05, 0) is 12.1 Å². The predicted molar refractivity (Wildman–Crippen MR) is 78.7 cm³/mol. The standard InChI is InChI=1S/C12H14Cl2N2O2S/c13-7-2-1-3-8(14)11(7)10(17)4-15-12(18)9-5-19-6-16-9/h1-3,9-10,16-17H,4-6H2,(H,15,18)/t9-,10?/m1/s1. The second kappa shape index (κ2) is 6.81. The number of carbonyl (C=O) groups excluding carboxylic acids is 1. The van der Waals surface area contributed by atoms with Crippen LogP contribution in [0.1, 0.15) is 11.7 Å². The molecule has 0 bridgehead atoms. The minimum atomic E-state index is -0.917. The molecule has 1 saturated heterocycles. The number of thioether (sulfide) groups is 1. The van der Waals surface area contributed by atoms with Gasteiger partial charge in [-0.25, -0.2) is 0 Å². The largest absolute Gasteiger partial charge is 0.386 e. The van der Waals surface area contributed by atoms with E-state index in [0.29, 0.717) is 15.6 Å². The summed E-state index contributed by atoms with van der Waals surface area (Å²) in [6.45, 7) is 0.0884. The highest BCUT2D eigenvalue weighted by Gasteiger charge is 2.23. The fraction of sp³-hybridized carbons (Fsp3) is 0.417. The van der Waals surface area contributed by atoms with Crippen LogP contribution in [-0.4, -0.2) is 35.2 Å². The first-order chi connectivity index (χ1) is 9.09. The molecular weight excluding hydrogens is 307 g/mol.